The lowest BCUT2D eigenvalue weighted by atomic mass is 10.4. The number of rotatable bonds is 5. The summed E-state index contributed by atoms with van der Waals surface area (Å²) in [6, 6.07) is 1.52. The Balaban J connectivity index is 2.72. The highest BCUT2D eigenvalue weighted by Gasteiger charge is 2.20. The molecule has 0 saturated carbocycles. The minimum absolute atomic E-state index is 0.0148. The van der Waals surface area contributed by atoms with Crippen molar-refractivity contribution in [3.8, 4) is 0 Å². The van der Waals surface area contributed by atoms with E-state index in [1.165, 1.54) is 17.4 Å². The fraction of sp³-hybridized carbons (Fsp3) is 0.500. The highest BCUT2D eigenvalue weighted by molar-refractivity contribution is 9.11. The van der Waals surface area contributed by atoms with Crippen LogP contribution in [0, 0.1) is 6.92 Å². The molecule has 0 fully saturated rings. The van der Waals surface area contributed by atoms with Crippen molar-refractivity contribution in [3.05, 3.63) is 14.7 Å². The van der Waals surface area contributed by atoms with Crippen LogP contribution in [-0.4, -0.2) is 26.9 Å². The molecule has 102 valence electrons. The molecule has 0 aliphatic heterocycles. The minimum Gasteiger partial charge on any atom is -0.353 e. The molecule has 0 radical (unpaired) electrons. The van der Waals surface area contributed by atoms with Gasteiger partial charge in [0.2, 0.25) is 15.9 Å². The Kier molecular flexibility index (Phi) is 5.32. The van der Waals surface area contributed by atoms with Crippen LogP contribution < -0.4 is 10.0 Å². The monoisotopic (exact) mass is 354 g/mol. The molecule has 2 N–H and O–H groups in total. The van der Waals surface area contributed by atoms with Gasteiger partial charge in [0.05, 0.1) is 15.2 Å². The molecule has 18 heavy (non-hydrogen) atoms. The smallest absolute Gasteiger partial charge is 0.242 e. The molecule has 1 amide bonds. The SMILES string of the molecule is Cc1sc(Br)cc1S(=O)(=O)NCC(=O)NC(C)C. The molecule has 0 aliphatic rings. The first-order chi connectivity index (χ1) is 8.22. The van der Waals surface area contributed by atoms with E-state index < -0.39 is 10.0 Å². The predicted molar refractivity (Wildman–Crippen MR) is 75.2 cm³/mol. The summed E-state index contributed by atoms with van der Waals surface area (Å²) in [7, 11) is -3.63. The van der Waals surface area contributed by atoms with E-state index in [0.29, 0.717) is 4.88 Å². The summed E-state index contributed by atoms with van der Waals surface area (Å²) in [5, 5.41) is 2.61. The van der Waals surface area contributed by atoms with Gasteiger partial charge in [-0.2, -0.15) is 0 Å². The number of nitrogens with one attached hydrogen (secondary N) is 2. The van der Waals surface area contributed by atoms with E-state index in [9.17, 15) is 13.2 Å². The molecule has 1 heterocycles. The number of halogens is 1. The van der Waals surface area contributed by atoms with Crippen LogP contribution in [0.15, 0.2) is 14.7 Å². The molecule has 0 unspecified atom stereocenters. The average Bonchev–Trinajstić information content (AvgIpc) is 2.55. The van der Waals surface area contributed by atoms with Crippen LogP contribution >= 0.6 is 27.3 Å². The quantitative estimate of drug-likeness (QED) is 0.843. The molecule has 0 aromatic carbocycles. The van der Waals surface area contributed by atoms with Crippen molar-refractivity contribution >= 4 is 43.2 Å². The fourth-order valence-corrected chi connectivity index (χ4v) is 4.70. The van der Waals surface area contributed by atoms with E-state index in [2.05, 4.69) is 26.0 Å². The molecule has 1 rings (SSSR count). The predicted octanol–water partition coefficient (Wildman–Crippen LogP) is 1.62. The lowest BCUT2D eigenvalue weighted by molar-refractivity contribution is -0.120. The number of thiophene rings is 1. The normalized spacial score (nSPS) is 11.8. The van der Waals surface area contributed by atoms with E-state index in [4.69, 9.17) is 0 Å². The second kappa shape index (κ2) is 6.14. The summed E-state index contributed by atoms with van der Waals surface area (Å²) in [6.45, 7) is 5.09. The number of sulfonamides is 1. The Morgan fingerprint density at radius 2 is 2.11 bits per heavy atom. The van der Waals surface area contributed by atoms with Crippen molar-refractivity contribution in [2.75, 3.05) is 6.54 Å². The lowest BCUT2D eigenvalue weighted by Gasteiger charge is -2.09. The zero-order chi connectivity index (χ0) is 13.9. The second-order valence-electron chi connectivity index (χ2n) is 4.02. The van der Waals surface area contributed by atoms with Gasteiger partial charge in [-0.3, -0.25) is 4.79 Å². The third-order valence-electron chi connectivity index (χ3n) is 2.00. The van der Waals surface area contributed by atoms with Crippen LogP contribution in [-0.2, 0) is 14.8 Å². The van der Waals surface area contributed by atoms with Gasteiger partial charge < -0.3 is 5.32 Å². The van der Waals surface area contributed by atoms with Gasteiger partial charge in [-0.25, -0.2) is 13.1 Å². The first-order valence-electron chi connectivity index (χ1n) is 5.27. The largest absolute Gasteiger partial charge is 0.353 e. The molecular weight excluding hydrogens is 340 g/mol. The third kappa shape index (κ3) is 4.34. The Morgan fingerprint density at radius 1 is 1.50 bits per heavy atom. The summed E-state index contributed by atoms with van der Waals surface area (Å²) in [5.74, 6) is -0.347. The first-order valence-corrected chi connectivity index (χ1v) is 8.36. The molecule has 0 bridgehead atoms. The first kappa shape index (κ1) is 15.6. The number of carbonyl (C=O) groups is 1. The van der Waals surface area contributed by atoms with Crippen LogP contribution in [0.5, 0.6) is 0 Å². The van der Waals surface area contributed by atoms with Gasteiger partial charge in [0.15, 0.2) is 0 Å². The Morgan fingerprint density at radius 3 is 2.56 bits per heavy atom. The molecule has 1 aromatic rings. The maximum atomic E-state index is 12.0. The summed E-state index contributed by atoms with van der Waals surface area (Å²) in [6.07, 6.45) is 0. The number of aryl methyl sites for hydroxylation is 1. The standard InChI is InChI=1S/C10H15BrN2O3S2/c1-6(2)13-10(14)5-12-18(15,16)8-4-9(11)17-7(8)3/h4,6,12H,5H2,1-3H3,(H,13,14). The van der Waals surface area contributed by atoms with Crippen LogP contribution in [0.4, 0.5) is 0 Å². The Bertz CT molecular complexity index is 537. The maximum Gasteiger partial charge on any atom is 0.242 e. The van der Waals surface area contributed by atoms with Crippen molar-refractivity contribution in [2.45, 2.75) is 31.7 Å². The number of hydrogen-bond donors (Lipinski definition) is 2. The van der Waals surface area contributed by atoms with Crippen LogP contribution in [0.1, 0.15) is 18.7 Å². The van der Waals surface area contributed by atoms with Crippen LogP contribution in [0.2, 0.25) is 0 Å². The van der Waals surface area contributed by atoms with Gasteiger partial charge >= 0.3 is 0 Å². The topological polar surface area (TPSA) is 75.3 Å². The molecule has 0 saturated heterocycles. The molecule has 5 nitrogen and oxygen atoms in total. The van der Waals surface area contributed by atoms with Gasteiger partial charge in [0.1, 0.15) is 0 Å². The van der Waals surface area contributed by atoms with Crippen LogP contribution in [0.25, 0.3) is 0 Å². The van der Waals surface area contributed by atoms with E-state index in [-0.39, 0.29) is 23.4 Å². The highest BCUT2D eigenvalue weighted by Crippen LogP contribution is 2.29. The lowest BCUT2D eigenvalue weighted by Crippen LogP contribution is -2.39. The fourth-order valence-electron chi connectivity index (χ4n) is 1.31. The Hall–Kier alpha value is -0.440. The molecule has 1 aromatic heterocycles. The summed E-state index contributed by atoms with van der Waals surface area (Å²) < 4.78 is 26.9. The summed E-state index contributed by atoms with van der Waals surface area (Å²) in [4.78, 5) is 12.3. The zero-order valence-corrected chi connectivity index (χ0v) is 13.5. The molecule has 0 spiro atoms. The number of carbonyl (C=O) groups excluding carboxylic acids is 1. The van der Waals surface area contributed by atoms with Crippen molar-refractivity contribution in [2.24, 2.45) is 0 Å². The summed E-state index contributed by atoms with van der Waals surface area (Å²) >= 11 is 4.57. The van der Waals surface area contributed by atoms with Gasteiger partial charge in [-0.05, 0) is 42.8 Å². The van der Waals surface area contributed by atoms with Crippen molar-refractivity contribution in [1.29, 1.82) is 0 Å². The van der Waals surface area contributed by atoms with Gasteiger partial charge in [-0.1, -0.05) is 0 Å². The summed E-state index contributed by atoms with van der Waals surface area (Å²) in [5.41, 5.74) is 0. The van der Waals surface area contributed by atoms with E-state index >= 15 is 0 Å². The average molecular weight is 355 g/mol. The number of hydrogen-bond acceptors (Lipinski definition) is 4. The van der Waals surface area contributed by atoms with E-state index in [1.807, 2.05) is 13.8 Å². The molecular formula is C10H15BrN2O3S2. The zero-order valence-electron chi connectivity index (χ0n) is 10.3. The molecule has 0 aliphatic carbocycles. The van der Waals surface area contributed by atoms with Crippen molar-refractivity contribution in [1.82, 2.24) is 10.0 Å². The molecule has 8 heteroatoms. The third-order valence-corrected chi connectivity index (χ3v) is 5.21. The number of amides is 1. The minimum atomic E-state index is -3.63. The Labute approximate surface area is 119 Å². The van der Waals surface area contributed by atoms with E-state index in [0.717, 1.165) is 3.79 Å². The highest BCUT2D eigenvalue weighted by atomic mass is 79.9. The second-order valence-corrected chi connectivity index (χ2v) is 8.39. The maximum absolute atomic E-state index is 12.0. The van der Waals surface area contributed by atoms with Crippen LogP contribution in [0.3, 0.4) is 0 Å². The van der Waals surface area contributed by atoms with Crippen molar-refractivity contribution < 1.29 is 13.2 Å². The van der Waals surface area contributed by atoms with Crippen molar-refractivity contribution in [3.63, 3.8) is 0 Å². The molecule has 0 atom stereocenters. The van der Waals surface area contributed by atoms with E-state index in [1.54, 1.807) is 6.92 Å². The van der Waals surface area contributed by atoms with Gasteiger partial charge in [0.25, 0.3) is 0 Å². The van der Waals surface area contributed by atoms with Gasteiger partial charge in [-0.15, -0.1) is 11.3 Å². The van der Waals surface area contributed by atoms with Gasteiger partial charge in [0, 0.05) is 10.9 Å².